The Morgan fingerprint density at radius 1 is 0.867 bits per heavy atom. The maximum atomic E-state index is 14.5. The van der Waals surface area contributed by atoms with Crippen molar-refractivity contribution in [3.8, 4) is 22.8 Å². The second-order valence-corrected chi connectivity index (χ2v) is 8.29. The zero-order valence-corrected chi connectivity index (χ0v) is 17.4. The molecular weight excluding hydrogens is 382 g/mol. The molecule has 4 rings (SSSR count). The molecule has 0 radical (unpaired) electrons. The van der Waals surface area contributed by atoms with Crippen LogP contribution in [0, 0.1) is 18.6 Å². The average molecular weight is 405 g/mol. The van der Waals surface area contributed by atoms with Gasteiger partial charge in [-0.25, -0.2) is 8.78 Å². The van der Waals surface area contributed by atoms with Gasteiger partial charge < -0.3 is 0 Å². The van der Waals surface area contributed by atoms with E-state index in [9.17, 15) is 8.78 Å². The smallest absolute Gasteiger partial charge is 0.202 e. The van der Waals surface area contributed by atoms with Crippen molar-refractivity contribution in [3.05, 3.63) is 89.5 Å². The molecule has 6 heteroatoms. The summed E-state index contributed by atoms with van der Waals surface area (Å²) in [7, 11) is 0. The van der Waals surface area contributed by atoms with Crippen LogP contribution in [0.25, 0.3) is 22.8 Å². The summed E-state index contributed by atoms with van der Waals surface area (Å²) in [4.78, 5) is 2.58. The van der Waals surface area contributed by atoms with E-state index in [1.54, 1.807) is 0 Å². The Hall–Kier alpha value is -3.41. The molecule has 0 aliphatic carbocycles. The summed E-state index contributed by atoms with van der Waals surface area (Å²) in [5.74, 6) is -1.05. The lowest BCUT2D eigenvalue weighted by Crippen LogP contribution is -2.45. The third-order valence-corrected chi connectivity index (χ3v) is 4.98. The third-order valence-electron chi connectivity index (χ3n) is 4.98. The molecule has 0 amide bonds. The van der Waals surface area contributed by atoms with Crippen LogP contribution in [-0.2, 0) is 5.41 Å². The van der Waals surface area contributed by atoms with E-state index in [0.29, 0.717) is 11.5 Å². The van der Waals surface area contributed by atoms with Crippen LogP contribution in [0.1, 0.15) is 31.9 Å². The highest BCUT2D eigenvalue weighted by Crippen LogP contribution is 2.28. The molecule has 152 valence electrons. The number of benzene rings is 3. The van der Waals surface area contributed by atoms with Crippen molar-refractivity contribution in [3.63, 3.8) is 0 Å². The van der Waals surface area contributed by atoms with Crippen LogP contribution in [0.3, 0.4) is 0 Å². The fraction of sp³-hybridized carbons (Fsp3) is 0.208. The first kappa shape index (κ1) is 19.9. The number of hydrogen-bond donors (Lipinski definition) is 0. The van der Waals surface area contributed by atoms with E-state index >= 15 is 0 Å². The molecule has 0 saturated carbocycles. The van der Waals surface area contributed by atoms with Gasteiger partial charge in [0, 0.05) is 4.80 Å². The Morgan fingerprint density at radius 3 is 2.13 bits per heavy atom. The number of hydrogen-bond acceptors (Lipinski definition) is 2. The van der Waals surface area contributed by atoms with Gasteiger partial charge in [-0.05, 0) is 69.8 Å². The van der Waals surface area contributed by atoms with Gasteiger partial charge >= 0.3 is 5.82 Å². The largest absolute Gasteiger partial charge is 0.340 e. The van der Waals surface area contributed by atoms with Crippen LogP contribution in [0.2, 0.25) is 0 Å². The predicted octanol–water partition coefficient (Wildman–Crippen LogP) is 5.10. The van der Waals surface area contributed by atoms with E-state index in [0.717, 1.165) is 11.1 Å². The van der Waals surface area contributed by atoms with Crippen molar-refractivity contribution in [1.29, 1.82) is 0 Å². The molecular formula is C24H23F2N4+. The molecule has 4 nitrogen and oxygen atoms in total. The molecule has 1 heterocycles. The summed E-state index contributed by atoms with van der Waals surface area (Å²) < 4.78 is 29.1. The SMILES string of the molecule is Cc1cc(-c2nn(-c3ccccc3)[n+](-c3c(F)cccc3F)n2)ccc1C(C)(C)C. The van der Waals surface area contributed by atoms with E-state index in [2.05, 4.69) is 37.0 Å². The molecule has 0 atom stereocenters. The topological polar surface area (TPSA) is 34.6 Å². The Kier molecular flexibility index (Phi) is 4.94. The summed E-state index contributed by atoms with van der Waals surface area (Å²) in [5.41, 5.74) is 3.49. The Labute approximate surface area is 174 Å². The molecule has 0 aliphatic heterocycles. The number of tetrazole rings is 1. The Bertz CT molecular complexity index is 1190. The predicted molar refractivity (Wildman–Crippen MR) is 112 cm³/mol. The van der Waals surface area contributed by atoms with Gasteiger partial charge in [0.2, 0.25) is 0 Å². The van der Waals surface area contributed by atoms with E-state index < -0.39 is 11.6 Å². The van der Waals surface area contributed by atoms with Gasteiger partial charge in [-0.2, -0.15) is 0 Å². The minimum absolute atomic E-state index is 0.00957. The van der Waals surface area contributed by atoms with Crippen LogP contribution in [-0.4, -0.2) is 15.0 Å². The fourth-order valence-electron chi connectivity index (χ4n) is 3.60. The number of para-hydroxylation sites is 2. The number of halogens is 2. The Balaban J connectivity index is 1.92. The molecule has 0 spiro atoms. The van der Waals surface area contributed by atoms with Crippen molar-refractivity contribution >= 4 is 0 Å². The normalized spacial score (nSPS) is 11.7. The summed E-state index contributed by atoms with van der Waals surface area (Å²) in [6.45, 7) is 8.52. The minimum atomic E-state index is -0.713. The van der Waals surface area contributed by atoms with Gasteiger partial charge in [0.05, 0.1) is 10.7 Å². The summed E-state index contributed by atoms with van der Waals surface area (Å²) in [6.07, 6.45) is 0. The van der Waals surface area contributed by atoms with Gasteiger partial charge in [0.15, 0.2) is 11.6 Å². The Morgan fingerprint density at radius 2 is 1.53 bits per heavy atom. The van der Waals surface area contributed by atoms with Crippen LogP contribution in [0.4, 0.5) is 8.78 Å². The van der Waals surface area contributed by atoms with Crippen LogP contribution >= 0.6 is 0 Å². The standard InChI is InChI=1S/C24H23F2N4/c1-16-15-17(13-14-19(16)24(2,3)4)23-27-29(18-9-6-5-7-10-18)30(28-23)22-20(25)11-8-12-21(22)26/h5-15H,1-4H3/q+1. The first-order valence-electron chi connectivity index (χ1n) is 9.77. The van der Waals surface area contributed by atoms with E-state index in [4.69, 9.17) is 0 Å². The number of nitrogens with zero attached hydrogens (tertiary/aromatic N) is 4. The summed E-state index contributed by atoms with van der Waals surface area (Å²) in [5, 5.41) is 9.05. The lowest BCUT2D eigenvalue weighted by molar-refractivity contribution is -0.737. The zero-order chi connectivity index (χ0) is 21.5. The summed E-state index contributed by atoms with van der Waals surface area (Å²) in [6, 6.07) is 18.9. The molecule has 0 unspecified atom stereocenters. The van der Waals surface area contributed by atoms with Gasteiger partial charge in [0.1, 0.15) is 5.69 Å². The van der Waals surface area contributed by atoms with Gasteiger partial charge in [0.25, 0.3) is 5.69 Å². The van der Waals surface area contributed by atoms with Gasteiger partial charge in [-0.15, -0.1) is 0 Å². The zero-order valence-electron chi connectivity index (χ0n) is 17.4. The molecule has 0 saturated heterocycles. The third kappa shape index (κ3) is 3.61. The molecule has 30 heavy (non-hydrogen) atoms. The molecule has 0 fully saturated rings. The first-order chi connectivity index (χ1) is 14.3. The highest BCUT2D eigenvalue weighted by atomic mass is 19.1. The molecule has 0 aliphatic rings. The highest BCUT2D eigenvalue weighted by molar-refractivity contribution is 5.57. The lowest BCUT2D eigenvalue weighted by atomic mass is 9.83. The van der Waals surface area contributed by atoms with Crippen molar-refractivity contribution < 1.29 is 13.6 Å². The second kappa shape index (κ2) is 7.44. The average Bonchev–Trinajstić information content (AvgIpc) is 3.12. The van der Waals surface area contributed by atoms with E-state index in [1.165, 1.54) is 33.4 Å². The lowest BCUT2D eigenvalue weighted by Gasteiger charge is -2.21. The number of aryl methyl sites for hydroxylation is 1. The molecule has 1 aromatic heterocycles. The van der Waals surface area contributed by atoms with Gasteiger partial charge in [-0.1, -0.05) is 51.1 Å². The van der Waals surface area contributed by atoms with Crippen LogP contribution in [0.5, 0.6) is 0 Å². The van der Waals surface area contributed by atoms with E-state index in [-0.39, 0.29) is 11.1 Å². The first-order valence-corrected chi connectivity index (χ1v) is 9.77. The van der Waals surface area contributed by atoms with Crippen LogP contribution < -0.4 is 4.80 Å². The number of rotatable bonds is 3. The highest BCUT2D eigenvalue weighted by Gasteiger charge is 2.28. The molecule has 0 bridgehead atoms. The number of aromatic nitrogens is 4. The maximum absolute atomic E-state index is 14.5. The van der Waals surface area contributed by atoms with Crippen molar-refractivity contribution in [2.75, 3.05) is 0 Å². The summed E-state index contributed by atoms with van der Waals surface area (Å²) >= 11 is 0. The fourth-order valence-corrected chi connectivity index (χ4v) is 3.60. The van der Waals surface area contributed by atoms with Crippen molar-refractivity contribution in [1.82, 2.24) is 15.0 Å². The maximum Gasteiger partial charge on any atom is 0.340 e. The van der Waals surface area contributed by atoms with Crippen molar-refractivity contribution in [2.24, 2.45) is 0 Å². The monoisotopic (exact) mass is 405 g/mol. The minimum Gasteiger partial charge on any atom is -0.202 e. The molecule has 4 aromatic rings. The second-order valence-electron chi connectivity index (χ2n) is 8.29. The molecule has 0 N–H and O–H groups in total. The van der Waals surface area contributed by atoms with Crippen LogP contribution in [0.15, 0.2) is 66.7 Å². The van der Waals surface area contributed by atoms with Gasteiger partial charge in [-0.3, -0.25) is 0 Å². The molecule has 3 aromatic carbocycles. The van der Waals surface area contributed by atoms with Crippen molar-refractivity contribution in [2.45, 2.75) is 33.1 Å². The quantitative estimate of drug-likeness (QED) is 0.445. The van der Waals surface area contributed by atoms with E-state index in [1.807, 2.05) is 49.4 Å².